The van der Waals surface area contributed by atoms with Gasteiger partial charge >= 0.3 is 0 Å². The van der Waals surface area contributed by atoms with Crippen LogP contribution in [0, 0.1) is 17.8 Å². The zero-order valence-corrected chi connectivity index (χ0v) is 38.6. The van der Waals surface area contributed by atoms with Crippen LogP contribution in [0.2, 0.25) is 0 Å². The van der Waals surface area contributed by atoms with E-state index in [0.29, 0.717) is 29.0 Å². The van der Waals surface area contributed by atoms with Crippen molar-refractivity contribution in [2.75, 3.05) is 0 Å². The lowest BCUT2D eigenvalue weighted by molar-refractivity contribution is -0.0413. The van der Waals surface area contributed by atoms with Crippen molar-refractivity contribution in [3.8, 4) is 45.3 Å². The largest absolute Gasteiger partial charge is 0.507 e. The van der Waals surface area contributed by atoms with Gasteiger partial charge in [-0.05, 0) is 131 Å². The summed E-state index contributed by atoms with van der Waals surface area (Å²) in [5.74, 6) is 1.58. The van der Waals surface area contributed by atoms with Crippen molar-refractivity contribution in [1.29, 1.82) is 0 Å². The fourth-order valence-electron chi connectivity index (χ4n) is 11.7. The molecule has 2 aliphatic heterocycles. The second kappa shape index (κ2) is 18.1. The number of aryl methyl sites for hydroxylation is 2. The molecule has 4 aliphatic rings. The van der Waals surface area contributed by atoms with Gasteiger partial charge in [-0.1, -0.05) is 100 Å². The second-order valence-corrected chi connectivity index (χ2v) is 19.6. The molecule has 0 saturated heterocycles. The van der Waals surface area contributed by atoms with E-state index >= 15 is 0 Å². The fourth-order valence-corrected chi connectivity index (χ4v) is 11.7. The van der Waals surface area contributed by atoms with E-state index in [9.17, 15) is 15.0 Å². The van der Waals surface area contributed by atoms with Crippen LogP contribution in [0.1, 0.15) is 157 Å². The number of fused-ring (bicyclic) bond motifs is 6. The first-order valence-electron chi connectivity index (χ1n) is 23.8. The minimum Gasteiger partial charge on any atom is -0.507 e. The standard InChI is InChI=1S/C56H68N2O5/c1-8-10-12-15-39-31-48-51(53(60)49(39)37-21-19-36(20-22-37)41-17-14-28-58-33-41)42-29-34(3)18-24-45(42)56(7,63-48)35(4)38-23-25-44-43(30-38)52-47(62-55(44,5)6)32-40(16-13-11-9-2)50(54(52)61)46(59)26-27-57/h14,17,19-22,26-33,35,42-45,60-61H,8-13,15-16,18,23-25,57H2,1-7H3/b27-26-. The minimum absolute atomic E-state index is 0.0161. The third-order valence-corrected chi connectivity index (χ3v) is 15.3. The average Bonchev–Trinajstić information content (AvgIpc) is 3.26. The number of nitrogens with zero attached hydrogens (tertiary/aromatic N) is 1. The normalized spacial score (nSPS) is 23.9. The molecule has 332 valence electrons. The second-order valence-electron chi connectivity index (χ2n) is 19.6. The van der Waals surface area contributed by atoms with E-state index in [0.717, 1.165) is 115 Å². The highest BCUT2D eigenvalue weighted by atomic mass is 16.5. The summed E-state index contributed by atoms with van der Waals surface area (Å²) < 4.78 is 14.3. The molecule has 0 saturated carbocycles. The van der Waals surface area contributed by atoms with Gasteiger partial charge in [0.25, 0.3) is 0 Å². The summed E-state index contributed by atoms with van der Waals surface area (Å²) in [4.78, 5) is 18.0. The van der Waals surface area contributed by atoms with Gasteiger partial charge in [-0.25, -0.2) is 0 Å². The molecule has 8 rings (SSSR count). The topological polar surface area (TPSA) is 115 Å². The summed E-state index contributed by atoms with van der Waals surface area (Å²) in [5.41, 5.74) is 15.2. The summed E-state index contributed by atoms with van der Waals surface area (Å²) >= 11 is 0. The van der Waals surface area contributed by atoms with Gasteiger partial charge in [-0.15, -0.1) is 0 Å². The minimum atomic E-state index is -0.588. The Balaban J connectivity index is 1.21. The van der Waals surface area contributed by atoms with Crippen LogP contribution in [-0.4, -0.2) is 32.2 Å². The number of aromatic hydroxyl groups is 2. The van der Waals surface area contributed by atoms with Crippen LogP contribution in [-0.2, 0) is 12.8 Å². The van der Waals surface area contributed by atoms with Gasteiger partial charge in [0.15, 0.2) is 5.78 Å². The Bertz CT molecular complexity index is 2430. The monoisotopic (exact) mass is 849 g/mol. The number of ether oxygens (including phenoxy) is 2. The summed E-state index contributed by atoms with van der Waals surface area (Å²) in [6, 6.07) is 16.8. The molecular weight excluding hydrogens is 781 g/mol. The highest BCUT2D eigenvalue weighted by Gasteiger charge is 2.54. The maximum Gasteiger partial charge on any atom is 0.191 e. The number of hydrogen-bond donors (Lipinski definition) is 3. The van der Waals surface area contributed by atoms with Crippen LogP contribution in [0.3, 0.4) is 0 Å². The summed E-state index contributed by atoms with van der Waals surface area (Å²) in [6.45, 7) is 15.6. The van der Waals surface area contributed by atoms with Crippen LogP contribution in [0.4, 0.5) is 0 Å². The molecule has 0 amide bonds. The smallest absolute Gasteiger partial charge is 0.191 e. The SMILES string of the molecule is CCCCCc1cc2c(c(O)c1C(=O)/C=C\N)C1C=C(C(C)C3(C)Oc4cc(CCCCC)c(-c5ccc(-c6cccnc6)cc5)c(O)c4C4C=C(C)CCC43)CCC1C(C)(C)O2. The Morgan fingerprint density at radius 2 is 1.46 bits per heavy atom. The van der Waals surface area contributed by atoms with Gasteiger partial charge in [-0.2, -0.15) is 0 Å². The number of rotatable bonds is 14. The summed E-state index contributed by atoms with van der Waals surface area (Å²) in [6.07, 6.45) is 22.5. The quantitative estimate of drug-likeness (QED) is 0.0501. The van der Waals surface area contributed by atoms with E-state index in [1.165, 1.54) is 23.4 Å². The molecule has 0 radical (unpaired) electrons. The molecular formula is C56H68N2O5. The van der Waals surface area contributed by atoms with Gasteiger partial charge in [0.1, 0.15) is 34.2 Å². The summed E-state index contributed by atoms with van der Waals surface area (Å²) in [5, 5.41) is 24.9. The molecule has 6 unspecified atom stereocenters. The van der Waals surface area contributed by atoms with Gasteiger partial charge in [-0.3, -0.25) is 9.78 Å². The van der Waals surface area contributed by atoms with Crippen LogP contribution in [0.15, 0.2) is 96.5 Å². The Labute approximate surface area is 375 Å². The number of nitrogens with two attached hydrogens (primary N) is 1. The Morgan fingerprint density at radius 3 is 2.14 bits per heavy atom. The van der Waals surface area contributed by atoms with Crippen LogP contribution >= 0.6 is 0 Å². The van der Waals surface area contributed by atoms with E-state index in [2.05, 4.69) is 102 Å². The van der Waals surface area contributed by atoms with E-state index in [1.54, 1.807) is 6.20 Å². The lowest BCUT2D eigenvalue weighted by Crippen LogP contribution is -2.53. The van der Waals surface area contributed by atoms with Gasteiger partial charge < -0.3 is 25.4 Å². The lowest BCUT2D eigenvalue weighted by Gasteiger charge is -2.53. The summed E-state index contributed by atoms with van der Waals surface area (Å²) in [7, 11) is 0. The number of pyridine rings is 1. The van der Waals surface area contributed by atoms with E-state index in [4.69, 9.17) is 15.2 Å². The van der Waals surface area contributed by atoms with E-state index in [-0.39, 0.29) is 41.1 Å². The van der Waals surface area contributed by atoms with E-state index in [1.807, 2.05) is 18.3 Å². The number of carbonyl (C=O) groups is 1. The third kappa shape index (κ3) is 8.22. The van der Waals surface area contributed by atoms with Crippen LogP contribution in [0.5, 0.6) is 23.0 Å². The highest BCUT2D eigenvalue weighted by Crippen LogP contribution is 2.61. The predicted molar refractivity (Wildman–Crippen MR) is 255 cm³/mol. The third-order valence-electron chi connectivity index (χ3n) is 15.3. The van der Waals surface area contributed by atoms with Crippen LogP contribution < -0.4 is 15.2 Å². The zero-order chi connectivity index (χ0) is 44.6. The first-order chi connectivity index (χ1) is 30.3. The zero-order valence-electron chi connectivity index (χ0n) is 38.6. The van der Waals surface area contributed by atoms with Gasteiger partial charge in [0, 0.05) is 64.7 Å². The number of hydrogen-bond acceptors (Lipinski definition) is 7. The number of phenols is 2. The first-order valence-corrected chi connectivity index (χ1v) is 23.8. The molecule has 3 heterocycles. The molecule has 0 spiro atoms. The number of unbranched alkanes of at least 4 members (excludes halogenated alkanes) is 4. The van der Waals surface area contributed by atoms with E-state index < -0.39 is 11.2 Å². The number of phenolic OH excluding ortho intramolecular Hbond substituents is 2. The lowest BCUT2D eigenvalue weighted by atomic mass is 9.60. The molecule has 4 N–H and O–H groups in total. The molecule has 7 nitrogen and oxygen atoms in total. The van der Waals surface area contributed by atoms with Crippen molar-refractivity contribution in [3.63, 3.8) is 0 Å². The maximum atomic E-state index is 13.6. The number of benzene rings is 3. The maximum absolute atomic E-state index is 13.6. The average molecular weight is 849 g/mol. The Morgan fingerprint density at radius 1 is 0.825 bits per heavy atom. The van der Waals surface area contributed by atoms with Gasteiger partial charge in [0.05, 0.1) is 5.56 Å². The molecule has 4 aromatic rings. The number of allylic oxidation sites excluding steroid dienone is 4. The fraction of sp³-hybridized carbons (Fsp3) is 0.464. The van der Waals surface area contributed by atoms with Crippen molar-refractivity contribution < 1.29 is 24.5 Å². The molecule has 6 atom stereocenters. The number of ketones is 1. The van der Waals surface area contributed by atoms with Crippen molar-refractivity contribution in [2.24, 2.45) is 23.5 Å². The highest BCUT2D eigenvalue weighted by molar-refractivity contribution is 6.08. The van der Waals surface area contributed by atoms with Gasteiger partial charge in [0.2, 0.25) is 0 Å². The molecule has 0 fully saturated rings. The molecule has 1 aromatic heterocycles. The first kappa shape index (κ1) is 44.3. The molecule has 3 aromatic carbocycles. The van der Waals surface area contributed by atoms with Crippen molar-refractivity contribution in [2.45, 2.75) is 149 Å². The van der Waals surface area contributed by atoms with Crippen molar-refractivity contribution >= 4 is 5.78 Å². The number of aromatic nitrogens is 1. The number of carbonyl (C=O) groups excluding carboxylic acids is 1. The predicted octanol–water partition coefficient (Wildman–Crippen LogP) is 13.5. The van der Waals surface area contributed by atoms with Crippen molar-refractivity contribution in [3.05, 3.63) is 124 Å². The Hall–Kier alpha value is -5.30. The molecule has 63 heavy (non-hydrogen) atoms. The molecule has 0 bridgehead atoms. The van der Waals surface area contributed by atoms with Crippen molar-refractivity contribution in [1.82, 2.24) is 4.98 Å². The molecule has 2 aliphatic carbocycles. The van der Waals surface area contributed by atoms with Crippen LogP contribution in [0.25, 0.3) is 22.3 Å². The Kier molecular flexibility index (Phi) is 12.7. The molecule has 7 heteroatoms.